The number of benzene rings is 1. The Hall–Kier alpha value is -4.31. The van der Waals surface area contributed by atoms with Crippen LogP contribution in [0.25, 0.3) is 0 Å². The molecule has 0 bridgehead atoms. The van der Waals surface area contributed by atoms with Crippen molar-refractivity contribution in [2.45, 2.75) is 56.3 Å². The second-order valence-corrected chi connectivity index (χ2v) is 10.5. The summed E-state index contributed by atoms with van der Waals surface area (Å²) in [5.74, 6) is -2.72. The Bertz CT molecular complexity index is 1190. The molecule has 2 rings (SSSR count). The average molecular weight is 606 g/mol. The van der Waals surface area contributed by atoms with Crippen molar-refractivity contribution < 1.29 is 29.4 Å². The number of rotatable bonds is 18. The molecule has 2 aromatic rings. The number of H-pyrrole nitrogens is 1. The highest BCUT2D eigenvalue weighted by Gasteiger charge is 2.30. The first kappa shape index (κ1) is 33.9. The highest BCUT2D eigenvalue weighted by atomic mass is 32.2. The summed E-state index contributed by atoms with van der Waals surface area (Å²) in [6.45, 7) is 0.200. The number of nitrogens with two attached hydrogens (primary N) is 3. The molecular weight excluding hydrogens is 566 g/mol. The molecule has 42 heavy (non-hydrogen) atoms. The van der Waals surface area contributed by atoms with E-state index in [1.54, 1.807) is 12.1 Å². The van der Waals surface area contributed by atoms with Gasteiger partial charge in [-0.2, -0.15) is 11.8 Å². The number of carbonyl (C=O) groups excluding carboxylic acids is 3. The van der Waals surface area contributed by atoms with E-state index in [9.17, 15) is 29.4 Å². The van der Waals surface area contributed by atoms with E-state index in [0.717, 1.165) is 0 Å². The van der Waals surface area contributed by atoms with Crippen LogP contribution in [0.5, 0.6) is 5.75 Å². The van der Waals surface area contributed by atoms with E-state index >= 15 is 0 Å². The summed E-state index contributed by atoms with van der Waals surface area (Å²) in [5.41, 5.74) is 18.1. The molecule has 15 nitrogen and oxygen atoms in total. The maximum Gasteiger partial charge on any atom is 0.326 e. The van der Waals surface area contributed by atoms with Crippen molar-refractivity contribution in [2.75, 3.05) is 18.6 Å². The minimum absolute atomic E-state index is 0.0351. The number of aliphatic carboxylic acids is 1. The van der Waals surface area contributed by atoms with Gasteiger partial charge < -0.3 is 48.3 Å². The summed E-state index contributed by atoms with van der Waals surface area (Å²) < 4.78 is 0. The number of hydrogen-bond donors (Lipinski definition) is 9. The molecular formula is C26H39N9O6S. The molecule has 0 aliphatic carbocycles. The number of hydrogen-bond acceptors (Lipinski definition) is 9. The fraction of sp³-hybridized carbons (Fsp3) is 0.462. The third kappa shape index (κ3) is 12.1. The Kier molecular flexibility index (Phi) is 14.1. The molecule has 0 saturated heterocycles. The fourth-order valence-electron chi connectivity index (χ4n) is 3.90. The topological polar surface area (TPSA) is 264 Å². The van der Waals surface area contributed by atoms with Crippen LogP contribution in [0.15, 0.2) is 41.8 Å². The zero-order valence-corrected chi connectivity index (χ0v) is 24.1. The molecule has 1 aromatic heterocycles. The van der Waals surface area contributed by atoms with Crippen molar-refractivity contribution in [1.82, 2.24) is 25.9 Å². The van der Waals surface area contributed by atoms with E-state index in [1.807, 2.05) is 6.26 Å². The van der Waals surface area contributed by atoms with Gasteiger partial charge in [-0.15, -0.1) is 0 Å². The number of amides is 3. The normalized spacial score (nSPS) is 13.7. The number of nitrogens with zero attached hydrogens (tertiary/aromatic N) is 2. The molecule has 0 spiro atoms. The van der Waals surface area contributed by atoms with Crippen molar-refractivity contribution in [3.05, 3.63) is 48.0 Å². The predicted molar refractivity (Wildman–Crippen MR) is 158 cm³/mol. The number of aromatic nitrogens is 2. The molecule has 4 atom stereocenters. The van der Waals surface area contributed by atoms with Crippen LogP contribution in [0.2, 0.25) is 0 Å². The summed E-state index contributed by atoms with van der Waals surface area (Å²) >= 11 is 1.45. The van der Waals surface area contributed by atoms with Crippen molar-refractivity contribution in [2.24, 2.45) is 22.2 Å². The third-order valence-corrected chi connectivity index (χ3v) is 6.79. The van der Waals surface area contributed by atoms with Crippen molar-refractivity contribution in [3.8, 4) is 5.75 Å². The number of nitrogens with one attached hydrogen (secondary N) is 4. The van der Waals surface area contributed by atoms with Crippen molar-refractivity contribution >= 4 is 41.4 Å². The van der Waals surface area contributed by atoms with Crippen molar-refractivity contribution in [1.29, 1.82) is 0 Å². The van der Waals surface area contributed by atoms with Gasteiger partial charge in [0.25, 0.3) is 0 Å². The summed E-state index contributed by atoms with van der Waals surface area (Å²) in [5, 5.41) is 26.9. The Labute approximate surface area is 247 Å². The summed E-state index contributed by atoms with van der Waals surface area (Å²) in [6, 6.07) is 1.80. The van der Waals surface area contributed by atoms with Gasteiger partial charge in [-0.1, -0.05) is 12.1 Å². The van der Waals surface area contributed by atoms with Crippen LogP contribution >= 0.6 is 11.8 Å². The van der Waals surface area contributed by atoms with Crippen LogP contribution in [-0.2, 0) is 32.0 Å². The van der Waals surface area contributed by atoms with Gasteiger partial charge in [-0.25, -0.2) is 9.78 Å². The second-order valence-electron chi connectivity index (χ2n) is 9.51. The van der Waals surface area contributed by atoms with Crippen LogP contribution in [-0.4, -0.2) is 92.6 Å². The number of phenolic OH excluding ortho intramolecular Hbond substituents is 1. The summed E-state index contributed by atoms with van der Waals surface area (Å²) in [7, 11) is 0. The lowest BCUT2D eigenvalue weighted by molar-refractivity contribution is -0.142. The third-order valence-electron chi connectivity index (χ3n) is 6.14. The maximum absolute atomic E-state index is 13.4. The molecule has 12 N–H and O–H groups in total. The van der Waals surface area contributed by atoms with Gasteiger partial charge >= 0.3 is 5.97 Å². The van der Waals surface area contributed by atoms with Crippen molar-refractivity contribution in [3.63, 3.8) is 0 Å². The number of carboxylic acid groups (broad SMARTS) is 1. The molecule has 0 aliphatic heterocycles. The first-order valence-corrected chi connectivity index (χ1v) is 14.6. The Balaban J connectivity index is 2.14. The Morgan fingerprint density at radius 2 is 1.60 bits per heavy atom. The number of guanidine groups is 1. The molecule has 0 radical (unpaired) electrons. The number of phenols is 1. The molecule has 1 aromatic carbocycles. The number of aliphatic imine (C=N–C) groups is 1. The van der Waals surface area contributed by atoms with E-state index in [0.29, 0.717) is 23.4 Å². The van der Waals surface area contributed by atoms with E-state index in [1.165, 1.54) is 36.4 Å². The number of carbonyl (C=O) groups is 4. The van der Waals surface area contributed by atoms with Crippen LogP contribution in [0.3, 0.4) is 0 Å². The van der Waals surface area contributed by atoms with Gasteiger partial charge in [0.2, 0.25) is 17.7 Å². The standard InChI is InChI=1S/C26H39N9O6S/c1-42-10-8-20(24(39)35-21(25(40)41)12-16-13-30-14-32-16)34-23(38)19(3-2-9-31-26(28)29)33-22(37)18(27)11-15-4-6-17(36)7-5-15/h4-7,13-14,18-21,36H,2-3,8-12,27H2,1H3,(H,30,32)(H,33,37)(H,34,38)(H,35,39)(H,40,41)(H4,28,29,31). The van der Waals surface area contributed by atoms with E-state index in [2.05, 4.69) is 30.9 Å². The van der Waals surface area contributed by atoms with Gasteiger partial charge in [0.05, 0.1) is 12.4 Å². The number of imidazole rings is 1. The maximum atomic E-state index is 13.4. The zero-order valence-electron chi connectivity index (χ0n) is 23.3. The lowest BCUT2D eigenvalue weighted by Crippen LogP contribution is -2.57. The summed E-state index contributed by atoms with van der Waals surface area (Å²) in [4.78, 5) is 61.8. The Morgan fingerprint density at radius 3 is 2.17 bits per heavy atom. The molecule has 4 unspecified atom stereocenters. The highest BCUT2D eigenvalue weighted by molar-refractivity contribution is 7.98. The molecule has 1 heterocycles. The lowest BCUT2D eigenvalue weighted by atomic mass is 10.0. The van der Waals surface area contributed by atoms with Gasteiger partial charge in [-0.05, 0) is 55.4 Å². The molecule has 3 amide bonds. The SMILES string of the molecule is CSCCC(NC(=O)C(CCCN=C(N)N)NC(=O)C(N)Cc1ccc(O)cc1)C(=O)NC(Cc1cnc[nH]1)C(=O)O. The number of aromatic amines is 1. The minimum Gasteiger partial charge on any atom is -0.508 e. The predicted octanol–water partition coefficient (Wildman–Crippen LogP) is -1.43. The summed E-state index contributed by atoms with van der Waals surface area (Å²) in [6.07, 6.45) is 5.48. The van der Waals surface area contributed by atoms with Crippen LogP contribution in [0.1, 0.15) is 30.5 Å². The first-order valence-electron chi connectivity index (χ1n) is 13.2. The van der Waals surface area contributed by atoms with Crippen LogP contribution in [0.4, 0.5) is 0 Å². The minimum atomic E-state index is -1.26. The van der Waals surface area contributed by atoms with Crippen LogP contribution < -0.4 is 33.2 Å². The number of carboxylic acids is 1. The van der Waals surface area contributed by atoms with E-state index in [-0.39, 0.29) is 43.9 Å². The number of aromatic hydroxyl groups is 1. The van der Waals surface area contributed by atoms with Crippen LogP contribution in [0, 0.1) is 0 Å². The quantitative estimate of drug-likeness (QED) is 0.0540. The van der Waals surface area contributed by atoms with E-state index in [4.69, 9.17) is 17.2 Å². The first-order chi connectivity index (χ1) is 20.0. The van der Waals surface area contributed by atoms with Gasteiger partial charge in [-0.3, -0.25) is 19.4 Å². The van der Waals surface area contributed by atoms with Gasteiger partial charge in [0, 0.05) is 24.9 Å². The largest absolute Gasteiger partial charge is 0.508 e. The molecule has 0 saturated carbocycles. The zero-order chi connectivity index (χ0) is 31.1. The lowest BCUT2D eigenvalue weighted by Gasteiger charge is -2.25. The van der Waals surface area contributed by atoms with Gasteiger partial charge in [0.1, 0.15) is 23.9 Å². The number of thioether (sulfide) groups is 1. The smallest absolute Gasteiger partial charge is 0.326 e. The molecule has 0 fully saturated rings. The highest BCUT2D eigenvalue weighted by Crippen LogP contribution is 2.11. The average Bonchev–Trinajstić information content (AvgIpc) is 3.46. The Morgan fingerprint density at radius 1 is 0.976 bits per heavy atom. The fourth-order valence-corrected chi connectivity index (χ4v) is 4.37. The van der Waals surface area contributed by atoms with E-state index < -0.39 is 47.9 Å². The molecule has 230 valence electrons. The molecule has 16 heteroatoms. The molecule has 0 aliphatic rings. The van der Waals surface area contributed by atoms with Gasteiger partial charge in [0.15, 0.2) is 5.96 Å². The monoisotopic (exact) mass is 605 g/mol. The second kappa shape index (κ2) is 17.5.